The summed E-state index contributed by atoms with van der Waals surface area (Å²) in [4.78, 5) is 22.2. The van der Waals surface area contributed by atoms with Crippen LogP contribution in [0.2, 0.25) is 0 Å². The molecule has 1 N–H and O–H groups in total. The topological polar surface area (TPSA) is 57.6 Å². The third-order valence-corrected chi connectivity index (χ3v) is 2.04. The average Bonchev–Trinajstić information content (AvgIpc) is 2.33. The van der Waals surface area contributed by atoms with E-state index in [4.69, 9.17) is 5.21 Å². The van der Waals surface area contributed by atoms with Gasteiger partial charge in [-0.25, -0.2) is 0 Å². The maximum absolute atomic E-state index is 11.1. The van der Waals surface area contributed by atoms with Gasteiger partial charge in [-0.3, -0.25) is 14.8 Å². The maximum Gasteiger partial charge on any atom is 0.285 e. The summed E-state index contributed by atoms with van der Waals surface area (Å²) in [7, 11) is 0. The van der Waals surface area contributed by atoms with Crippen molar-refractivity contribution in [3.63, 3.8) is 0 Å². The number of amides is 2. The highest BCUT2D eigenvalue weighted by molar-refractivity contribution is 6.19. The largest absolute Gasteiger partial charge is 0.285 e. The normalized spacial score (nSPS) is 22.2. The van der Waals surface area contributed by atoms with Crippen LogP contribution in [0.15, 0.2) is 23.3 Å². The Labute approximate surface area is 68.7 Å². The van der Waals surface area contributed by atoms with Crippen molar-refractivity contribution in [2.24, 2.45) is 0 Å². The van der Waals surface area contributed by atoms with Crippen LogP contribution in [0.4, 0.5) is 0 Å². The molecule has 0 radical (unpaired) electrons. The summed E-state index contributed by atoms with van der Waals surface area (Å²) in [6.45, 7) is 0. The lowest BCUT2D eigenvalue weighted by Crippen LogP contribution is -2.27. The second kappa shape index (κ2) is 2.28. The van der Waals surface area contributed by atoms with Crippen molar-refractivity contribution in [3.05, 3.63) is 23.3 Å². The van der Waals surface area contributed by atoms with Crippen LogP contribution in [0.25, 0.3) is 0 Å². The van der Waals surface area contributed by atoms with E-state index in [0.29, 0.717) is 17.6 Å². The molecule has 62 valence electrons. The summed E-state index contributed by atoms with van der Waals surface area (Å²) in [5.74, 6) is -1.18. The molecule has 1 aliphatic carbocycles. The van der Waals surface area contributed by atoms with Gasteiger partial charge >= 0.3 is 0 Å². The maximum atomic E-state index is 11.1. The zero-order valence-corrected chi connectivity index (χ0v) is 6.28. The van der Waals surface area contributed by atoms with Crippen LogP contribution in [-0.4, -0.2) is 22.1 Å². The first-order valence-electron chi connectivity index (χ1n) is 3.69. The molecule has 1 aliphatic heterocycles. The smallest absolute Gasteiger partial charge is 0.278 e. The SMILES string of the molecule is O=C1C2=C(CCC=C2)C(=O)N1O. The number of hydrogen-bond donors (Lipinski definition) is 1. The molecule has 0 saturated carbocycles. The van der Waals surface area contributed by atoms with Gasteiger partial charge in [0.2, 0.25) is 0 Å². The number of carbonyl (C=O) groups excluding carboxylic acids is 2. The van der Waals surface area contributed by atoms with E-state index in [0.717, 1.165) is 6.42 Å². The Kier molecular flexibility index (Phi) is 1.38. The van der Waals surface area contributed by atoms with Crippen molar-refractivity contribution in [1.82, 2.24) is 5.06 Å². The van der Waals surface area contributed by atoms with Crippen LogP contribution in [0.1, 0.15) is 12.8 Å². The fraction of sp³-hybridized carbons (Fsp3) is 0.250. The minimum absolute atomic E-state index is 0.181. The van der Waals surface area contributed by atoms with E-state index in [1.54, 1.807) is 6.08 Å². The van der Waals surface area contributed by atoms with E-state index in [1.807, 2.05) is 6.08 Å². The van der Waals surface area contributed by atoms with Gasteiger partial charge in [-0.2, -0.15) is 0 Å². The van der Waals surface area contributed by atoms with Gasteiger partial charge in [0.1, 0.15) is 0 Å². The van der Waals surface area contributed by atoms with Crippen LogP contribution in [0, 0.1) is 0 Å². The second-order valence-electron chi connectivity index (χ2n) is 2.76. The van der Waals surface area contributed by atoms with Crippen molar-refractivity contribution >= 4 is 11.8 Å². The second-order valence-corrected chi connectivity index (χ2v) is 2.76. The lowest BCUT2D eigenvalue weighted by atomic mass is 10.00. The number of allylic oxidation sites excluding steroid dienone is 1. The molecule has 0 bridgehead atoms. The van der Waals surface area contributed by atoms with Crippen molar-refractivity contribution in [1.29, 1.82) is 0 Å². The van der Waals surface area contributed by atoms with Gasteiger partial charge in [0.25, 0.3) is 11.8 Å². The highest BCUT2D eigenvalue weighted by Crippen LogP contribution is 2.27. The molecule has 2 rings (SSSR count). The minimum Gasteiger partial charge on any atom is -0.278 e. The number of hydroxylamine groups is 2. The van der Waals surface area contributed by atoms with Gasteiger partial charge in [0, 0.05) is 5.57 Å². The summed E-state index contributed by atoms with van der Waals surface area (Å²) in [5.41, 5.74) is 0.777. The number of carbonyl (C=O) groups is 2. The van der Waals surface area contributed by atoms with Crippen molar-refractivity contribution in [3.8, 4) is 0 Å². The molecule has 0 aromatic carbocycles. The van der Waals surface area contributed by atoms with Gasteiger partial charge in [-0.05, 0) is 12.8 Å². The summed E-state index contributed by atoms with van der Waals surface area (Å²) >= 11 is 0. The van der Waals surface area contributed by atoms with Crippen LogP contribution < -0.4 is 0 Å². The predicted molar refractivity (Wildman–Crippen MR) is 39.0 cm³/mol. The van der Waals surface area contributed by atoms with E-state index in [9.17, 15) is 9.59 Å². The molecule has 0 spiro atoms. The predicted octanol–water partition coefficient (Wildman–Crippen LogP) is 0.391. The zero-order valence-electron chi connectivity index (χ0n) is 6.28. The van der Waals surface area contributed by atoms with Gasteiger partial charge in [0.15, 0.2) is 0 Å². The van der Waals surface area contributed by atoms with E-state index in [1.165, 1.54) is 0 Å². The third-order valence-electron chi connectivity index (χ3n) is 2.04. The Morgan fingerprint density at radius 1 is 1.33 bits per heavy atom. The third kappa shape index (κ3) is 0.753. The molecule has 12 heavy (non-hydrogen) atoms. The van der Waals surface area contributed by atoms with Crippen LogP contribution >= 0.6 is 0 Å². The molecule has 0 atom stereocenters. The van der Waals surface area contributed by atoms with E-state index in [2.05, 4.69) is 0 Å². The van der Waals surface area contributed by atoms with Crippen LogP contribution in [0.3, 0.4) is 0 Å². The molecule has 1 heterocycles. The van der Waals surface area contributed by atoms with Gasteiger partial charge < -0.3 is 0 Å². The Hall–Kier alpha value is -1.42. The Morgan fingerprint density at radius 3 is 2.75 bits per heavy atom. The van der Waals surface area contributed by atoms with Crippen LogP contribution in [-0.2, 0) is 9.59 Å². The Morgan fingerprint density at radius 2 is 2.08 bits per heavy atom. The molecule has 0 aromatic rings. The first-order chi connectivity index (χ1) is 5.72. The van der Waals surface area contributed by atoms with E-state index in [-0.39, 0.29) is 5.06 Å². The van der Waals surface area contributed by atoms with Gasteiger partial charge in [0.05, 0.1) is 5.57 Å². The number of rotatable bonds is 0. The summed E-state index contributed by atoms with van der Waals surface area (Å²) in [6.07, 6.45) is 4.72. The van der Waals surface area contributed by atoms with Crippen molar-refractivity contribution < 1.29 is 14.8 Å². The summed E-state index contributed by atoms with van der Waals surface area (Å²) < 4.78 is 0. The summed E-state index contributed by atoms with van der Waals surface area (Å²) in [5, 5.41) is 9.14. The number of nitrogens with zero attached hydrogens (tertiary/aromatic N) is 1. The van der Waals surface area contributed by atoms with Crippen molar-refractivity contribution in [2.75, 3.05) is 0 Å². The van der Waals surface area contributed by atoms with Gasteiger partial charge in [-0.1, -0.05) is 12.2 Å². The molecule has 0 unspecified atom stereocenters. The van der Waals surface area contributed by atoms with E-state index >= 15 is 0 Å². The fourth-order valence-electron chi connectivity index (χ4n) is 1.42. The molecule has 0 fully saturated rings. The molecule has 0 aromatic heterocycles. The lowest BCUT2D eigenvalue weighted by molar-refractivity contribution is -0.170. The summed E-state index contributed by atoms with van der Waals surface area (Å²) in [6, 6.07) is 0. The highest BCUT2D eigenvalue weighted by Gasteiger charge is 2.36. The Balaban J connectivity index is 2.49. The number of imide groups is 1. The van der Waals surface area contributed by atoms with Crippen molar-refractivity contribution in [2.45, 2.75) is 12.8 Å². The lowest BCUT2D eigenvalue weighted by Gasteiger charge is -2.02. The first kappa shape index (κ1) is 7.24. The highest BCUT2D eigenvalue weighted by atomic mass is 16.5. The fourth-order valence-corrected chi connectivity index (χ4v) is 1.42. The molecule has 2 amide bonds. The van der Waals surface area contributed by atoms with E-state index < -0.39 is 11.8 Å². The number of hydrogen-bond acceptors (Lipinski definition) is 3. The average molecular weight is 165 g/mol. The van der Waals surface area contributed by atoms with Crippen LogP contribution in [0.5, 0.6) is 0 Å². The first-order valence-corrected chi connectivity index (χ1v) is 3.69. The quantitative estimate of drug-likeness (QED) is 0.417. The Bertz CT molecular complexity index is 327. The molecular formula is C8H7NO3. The monoisotopic (exact) mass is 165 g/mol. The molecular weight excluding hydrogens is 158 g/mol. The van der Waals surface area contributed by atoms with Gasteiger partial charge in [-0.15, -0.1) is 5.06 Å². The molecule has 4 nitrogen and oxygen atoms in total. The zero-order chi connectivity index (χ0) is 8.72. The standard InChI is InChI=1S/C8H7NO3/c10-7-5-3-1-2-4-6(5)8(11)9(7)12/h1,3,12H,2,4H2. The minimum atomic E-state index is -0.606. The molecule has 2 aliphatic rings. The molecule has 0 saturated heterocycles. The molecule has 4 heteroatoms.